The van der Waals surface area contributed by atoms with Crippen LogP contribution < -0.4 is 10.2 Å². The molecule has 0 aromatic heterocycles. The fraction of sp³-hybridized carbons (Fsp3) is 0.533. The van der Waals surface area contributed by atoms with E-state index in [2.05, 4.69) is 60.6 Å². The van der Waals surface area contributed by atoms with E-state index in [4.69, 9.17) is 16.8 Å². The van der Waals surface area contributed by atoms with Crippen molar-refractivity contribution in [1.82, 2.24) is 9.57 Å². The number of hydrogen-bond acceptors (Lipinski definition) is 4. The summed E-state index contributed by atoms with van der Waals surface area (Å²) in [7, 11) is 8.21. The average Bonchev–Trinajstić information content (AvgIpc) is 2.74. The van der Waals surface area contributed by atoms with E-state index < -0.39 is 6.19 Å². The molecule has 1 aromatic rings. The van der Waals surface area contributed by atoms with Crippen LogP contribution >= 0.6 is 6.19 Å². The van der Waals surface area contributed by atoms with Gasteiger partial charge in [0.15, 0.2) is 5.58 Å². The normalized spacial score (nSPS) is 20.4. The van der Waals surface area contributed by atoms with Crippen LogP contribution in [0.5, 0.6) is 0 Å². The van der Waals surface area contributed by atoms with E-state index in [1.54, 1.807) is 0 Å². The Labute approximate surface area is 133 Å². The van der Waals surface area contributed by atoms with Crippen molar-refractivity contribution < 1.29 is 0 Å². The van der Waals surface area contributed by atoms with E-state index in [1.165, 1.54) is 11.0 Å². The fourth-order valence-corrected chi connectivity index (χ4v) is 7.52. The quantitative estimate of drug-likeness (QED) is 0.794. The molecule has 6 heteroatoms. The fourth-order valence-electron chi connectivity index (χ4n) is 2.68. The Morgan fingerprint density at radius 3 is 2.14 bits per heavy atom. The minimum absolute atomic E-state index is 0.951. The maximum Gasteiger partial charge on any atom is 0.156 e. The maximum atomic E-state index is 6.23. The monoisotopic (exact) mass is 324 g/mol. The zero-order valence-electron chi connectivity index (χ0n) is 13.8. The van der Waals surface area contributed by atoms with Crippen molar-refractivity contribution >= 4 is 40.3 Å². The van der Waals surface area contributed by atoms with E-state index in [1.807, 2.05) is 14.1 Å². The lowest BCUT2D eigenvalue weighted by Crippen LogP contribution is -2.33. The first kappa shape index (κ1) is 16.5. The Bertz CT molecular complexity index is 606. The number of fused-ring (bicyclic) bond motifs is 1. The van der Waals surface area contributed by atoms with Crippen molar-refractivity contribution in [3.63, 3.8) is 0 Å². The van der Waals surface area contributed by atoms with Crippen molar-refractivity contribution in [3.05, 3.63) is 18.2 Å². The molecule has 1 heterocycles. The number of aliphatic imine (C=N–C) groups is 1. The molecule has 2 rings (SSSR count). The van der Waals surface area contributed by atoms with E-state index in [-0.39, 0.29) is 0 Å². The Hall–Kier alpha value is -0.900. The van der Waals surface area contributed by atoms with Gasteiger partial charge < -0.3 is 9.80 Å². The molecule has 0 saturated carbocycles. The Morgan fingerprint density at radius 2 is 1.67 bits per heavy atom. The van der Waals surface area contributed by atoms with Gasteiger partial charge in [-0.15, -0.1) is 0 Å². The van der Waals surface area contributed by atoms with Crippen LogP contribution in [0.3, 0.4) is 0 Å². The van der Waals surface area contributed by atoms with Crippen molar-refractivity contribution in [2.24, 2.45) is 4.99 Å². The third-order valence-electron chi connectivity index (χ3n) is 3.82. The topological polar surface area (TPSA) is 22.1 Å². The van der Waals surface area contributed by atoms with Crippen LogP contribution in [0.1, 0.15) is 13.8 Å². The summed E-state index contributed by atoms with van der Waals surface area (Å²) >= 11 is 6.23. The van der Waals surface area contributed by atoms with Crippen molar-refractivity contribution in [1.29, 1.82) is 0 Å². The highest BCUT2D eigenvalue weighted by Crippen LogP contribution is 2.57. The van der Waals surface area contributed by atoms with Crippen LogP contribution in [0.15, 0.2) is 23.2 Å². The molecule has 0 spiro atoms. The second kappa shape index (κ2) is 6.07. The number of nitrogens with zero attached hydrogens (tertiary/aromatic N) is 4. The van der Waals surface area contributed by atoms with E-state index in [0.717, 1.165) is 24.4 Å². The number of anilines is 1. The molecule has 1 aromatic carbocycles. The summed E-state index contributed by atoms with van der Waals surface area (Å²) in [5.41, 5.74) is 3.27. The van der Waals surface area contributed by atoms with Gasteiger partial charge >= 0.3 is 0 Å². The van der Waals surface area contributed by atoms with Gasteiger partial charge in [0.1, 0.15) is 6.19 Å². The summed E-state index contributed by atoms with van der Waals surface area (Å²) in [4.78, 5) is 9.06. The highest BCUT2D eigenvalue weighted by molar-refractivity contribution is 8.25. The van der Waals surface area contributed by atoms with Crippen LogP contribution in [-0.2, 0) is 11.8 Å². The second-order valence-electron chi connectivity index (χ2n) is 5.59. The lowest BCUT2D eigenvalue weighted by atomic mass is 10.2. The molecule has 1 atom stereocenters. The minimum atomic E-state index is -1.99. The highest BCUT2D eigenvalue weighted by Gasteiger charge is 2.39. The Morgan fingerprint density at radius 1 is 1.05 bits per heavy atom. The Balaban J connectivity index is 2.65. The van der Waals surface area contributed by atoms with E-state index in [0.29, 0.717) is 0 Å². The van der Waals surface area contributed by atoms with Crippen molar-refractivity contribution in [2.45, 2.75) is 13.8 Å². The molecule has 0 bridgehead atoms. The van der Waals surface area contributed by atoms with Gasteiger partial charge in [-0.1, -0.05) is 25.7 Å². The SMILES string of the molecule is CCN(CC)[P@@]1(=S)C(N(C)C)=Nc2ccc(N(C)C)cc21. The van der Waals surface area contributed by atoms with Gasteiger partial charge in [-0.25, -0.2) is 4.99 Å². The first-order chi connectivity index (χ1) is 9.86. The maximum absolute atomic E-state index is 6.23. The molecule has 1 aliphatic heterocycles. The lowest BCUT2D eigenvalue weighted by molar-refractivity contribution is 0.510. The molecule has 116 valence electrons. The molecule has 0 radical (unpaired) electrons. The molecular formula is C15H25N4PS. The van der Waals surface area contributed by atoms with Gasteiger partial charge in [-0.2, -0.15) is 0 Å². The zero-order valence-corrected chi connectivity index (χ0v) is 15.5. The van der Waals surface area contributed by atoms with Gasteiger partial charge in [0.05, 0.1) is 5.69 Å². The molecule has 21 heavy (non-hydrogen) atoms. The molecule has 0 N–H and O–H groups in total. The third kappa shape index (κ3) is 2.63. The van der Waals surface area contributed by atoms with Gasteiger partial charge in [-0.3, -0.25) is 4.67 Å². The second-order valence-corrected chi connectivity index (χ2v) is 9.77. The molecule has 0 fully saturated rings. The standard InChI is InChI=1S/C15H25N4PS/c1-7-19(8-2)20(21)14-11-12(17(3)4)9-10-13(14)16-15(20)18(5)6/h9-11H,7-8H2,1-6H3/t20-/m0/s1. The predicted molar refractivity (Wildman–Crippen MR) is 98.4 cm³/mol. The van der Waals surface area contributed by atoms with Crippen LogP contribution in [0.25, 0.3) is 0 Å². The Kier molecular flexibility index (Phi) is 4.76. The third-order valence-corrected chi connectivity index (χ3v) is 9.01. The summed E-state index contributed by atoms with van der Waals surface area (Å²) in [5.74, 6) is 0. The molecule has 0 saturated heterocycles. The average molecular weight is 324 g/mol. The van der Waals surface area contributed by atoms with Gasteiger partial charge in [0, 0.05) is 52.3 Å². The summed E-state index contributed by atoms with van der Waals surface area (Å²) in [6.07, 6.45) is -1.99. The highest BCUT2D eigenvalue weighted by atomic mass is 32.4. The number of rotatable bonds is 4. The van der Waals surface area contributed by atoms with E-state index >= 15 is 0 Å². The largest absolute Gasteiger partial charge is 0.378 e. The summed E-state index contributed by atoms with van der Waals surface area (Å²) < 4.78 is 2.41. The van der Waals surface area contributed by atoms with Crippen LogP contribution in [0.4, 0.5) is 11.4 Å². The molecule has 4 nitrogen and oxygen atoms in total. The minimum Gasteiger partial charge on any atom is -0.378 e. The first-order valence-corrected chi connectivity index (χ1v) is 10.1. The molecule has 0 aliphatic carbocycles. The van der Waals surface area contributed by atoms with E-state index in [9.17, 15) is 0 Å². The molecule has 1 aliphatic rings. The molecule has 0 amide bonds. The number of benzene rings is 1. The van der Waals surface area contributed by atoms with Crippen molar-refractivity contribution in [2.75, 3.05) is 46.2 Å². The summed E-state index contributed by atoms with van der Waals surface area (Å²) in [6.45, 7) is 6.26. The molecule has 0 unspecified atom stereocenters. The lowest BCUT2D eigenvalue weighted by Gasteiger charge is -2.34. The van der Waals surface area contributed by atoms with Gasteiger partial charge in [0.2, 0.25) is 0 Å². The number of amidine groups is 1. The van der Waals surface area contributed by atoms with Gasteiger partial charge in [0.25, 0.3) is 0 Å². The predicted octanol–water partition coefficient (Wildman–Crippen LogP) is 2.68. The van der Waals surface area contributed by atoms with Crippen LogP contribution in [0.2, 0.25) is 0 Å². The summed E-state index contributed by atoms with van der Waals surface area (Å²) in [6, 6.07) is 6.45. The first-order valence-electron chi connectivity index (χ1n) is 7.30. The van der Waals surface area contributed by atoms with Gasteiger partial charge in [-0.05, 0) is 18.2 Å². The van der Waals surface area contributed by atoms with Crippen LogP contribution in [-0.4, -0.2) is 56.4 Å². The molecular weight excluding hydrogens is 299 g/mol. The van der Waals surface area contributed by atoms with Crippen molar-refractivity contribution in [3.8, 4) is 0 Å². The summed E-state index contributed by atoms with van der Waals surface area (Å²) in [5, 5.41) is 1.23. The van der Waals surface area contributed by atoms with Crippen LogP contribution in [0, 0.1) is 0 Å². The smallest absolute Gasteiger partial charge is 0.156 e. The zero-order chi connectivity index (χ0) is 15.8. The number of hydrogen-bond donors (Lipinski definition) is 0.